The van der Waals surface area contributed by atoms with Crippen molar-refractivity contribution in [2.45, 2.75) is 88.4 Å². The van der Waals surface area contributed by atoms with Gasteiger partial charge in [-0.3, -0.25) is 9.59 Å². The third-order valence-corrected chi connectivity index (χ3v) is 10.5. The Balaban J connectivity index is 1.22. The SMILES string of the molecule is CC12CC34C=CC(=O)C(C)(CCC(=O)Nc5c(OC6OC(CO)C(O)C(O)C6O)ccc(C(=O)O)c5O)C3C(CC1C4)O2. The van der Waals surface area contributed by atoms with E-state index in [4.69, 9.17) is 14.2 Å². The molecule has 13 heteroatoms. The Morgan fingerprint density at radius 1 is 1.14 bits per heavy atom. The van der Waals surface area contributed by atoms with Gasteiger partial charge in [-0.1, -0.05) is 13.0 Å². The van der Waals surface area contributed by atoms with Gasteiger partial charge >= 0.3 is 5.97 Å². The number of carboxylic acid groups (broad SMARTS) is 1. The van der Waals surface area contributed by atoms with E-state index in [1.807, 2.05) is 13.0 Å². The molecule has 1 amide bonds. The van der Waals surface area contributed by atoms with E-state index in [0.717, 1.165) is 31.4 Å². The molecular formula is C30H37NO12. The van der Waals surface area contributed by atoms with Crippen LogP contribution in [0, 0.1) is 22.7 Å². The summed E-state index contributed by atoms with van der Waals surface area (Å²) in [6.07, 6.45) is -1.86. The van der Waals surface area contributed by atoms with Gasteiger partial charge in [0.05, 0.1) is 18.3 Å². The molecule has 3 aliphatic carbocycles. The Morgan fingerprint density at radius 2 is 1.88 bits per heavy atom. The summed E-state index contributed by atoms with van der Waals surface area (Å²) >= 11 is 0. The number of allylic oxidation sites excluding steroid dienone is 2. The normalized spacial score (nSPS) is 42.6. The Labute approximate surface area is 247 Å². The quantitative estimate of drug-likeness (QED) is 0.205. The number of amides is 1. The van der Waals surface area contributed by atoms with Crippen LogP contribution in [0.3, 0.4) is 0 Å². The van der Waals surface area contributed by atoms with Gasteiger partial charge in [-0.2, -0.15) is 0 Å². The molecule has 11 atom stereocenters. The Morgan fingerprint density at radius 3 is 2.56 bits per heavy atom. The first-order chi connectivity index (χ1) is 20.2. The molecule has 234 valence electrons. The first-order valence-corrected chi connectivity index (χ1v) is 14.5. The van der Waals surface area contributed by atoms with Gasteiger partial charge in [0.1, 0.15) is 41.4 Å². The molecule has 13 nitrogen and oxygen atoms in total. The van der Waals surface area contributed by atoms with E-state index in [-0.39, 0.29) is 47.4 Å². The molecule has 1 spiro atoms. The monoisotopic (exact) mass is 603 g/mol. The summed E-state index contributed by atoms with van der Waals surface area (Å²) < 4.78 is 17.4. The number of aliphatic hydroxyl groups is 4. The summed E-state index contributed by atoms with van der Waals surface area (Å²) in [6.45, 7) is 3.30. The fourth-order valence-corrected chi connectivity index (χ4v) is 8.47. The second-order valence-electron chi connectivity index (χ2n) is 13.1. The maximum Gasteiger partial charge on any atom is 0.339 e. The zero-order valence-electron chi connectivity index (χ0n) is 23.8. The third-order valence-electron chi connectivity index (χ3n) is 10.5. The van der Waals surface area contributed by atoms with Gasteiger partial charge in [-0.25, -0.2) is 4.79 Å². The maximum atomic E-state index is 13.3. The van der Waals surface area contributed by atoms with Crippen molar-refractivity contribution in [1.82, 2.24) is 0 Å². The van der Waals surface area contributed by atoms with E-state index in [9.17, 15) is 45.0 Å². The fourth-order valence-electron chi connectivity index (χ4n) is 8.47. The van der Waals surface area contributed by atoms with Gasteiger partial charge in [0, 0.05) is 17.8 Å². The highest BCUT2D eigenvalue weighted by atomic mass is 16.7. The first-order valence-electron chi connectivity index (χ1n) is 14.5. The Bertz CT molecular complexity index is 1380. The highest BCUT2D eigenvalue weighted by molar-refractivity contribution is 6.00. The van der Waals surface area contributed by atoms with Crippen molar-refractivity contribution in [2.75, 3.05) is 11.9 Å². The number of benzene rings is 1. The van der Waals surface area contributed by atoms with E-state index in [0.29, 0.717) is 5.92 Å². The van der Waals surface area contributed by atoms with Gasteiger partial charge in [0.15, 0.2) is 11.5 Å². The van der Waals surface area contributed by atoms with Crippen molar-refractivity contribution in [2.24, 2.45) is 22.7 Å². The average Bonchev–Trinajstić information content (AvgIpc) is 3.32. The van der Waals surface area contributed by atoms with Crippen molar-refractivity contribution >= 4 is 23.3 Å². The number of phenols is 1. The molecule has 43 heavy (non-hydrogen) atoms. The van der Waals surface area contributed by atoms with Gasteiger partial charge in [-0.15, -0.1) is 0 Å². The van der Waals surface area contributed by atoms with Crippen LogP contribution in [0.4, 0.5) is 5.69 Å². The van der Waals surface area contributed by atoms with E-state index in [1.54, 1.807) is 6.08 Å². The lowest BCUT2D eigenvalue weighted by Gasteiger charge is -2.55. The number of carbonyl (C=O) groups excluding carboxylic acids is 2. The summed E-state index contributed by atoms with van der Waals surface area (Å²) in [5.74, 6) is -2.97. The summed E-state index contributed by atoms with van der Waals surface area (Å²) in [5, 5.41) is 62.9. The average molecular weight is 604 g/mol. The minimum absolute atomic E-state index is 0.0826. The molecule has 6 aliphatic rings. The fraction of sp³-hybridized carbons (Fsp3) is 0.633. The van der Waals surface area contributed by atoms with E-state index in [2.05, 4.69) is 12.2 Å². The van der Waals surface area contributed by atoms with Crippen LogP contribution in [-0.4, -0.2) is 97.3 Å². The smallest absolute Gasteiger partial charge is 0.339 e. The number of carbonyl (C=O) groups is 3. The van der Waals surface area contributed by atoms with Crippen LogP contribution in [0.25, 0.3) is 0 Å². The molecule has 3 saturated heterocycles. The van der Waals surface area contributed by atoms with E-state index < -0.39 is 71.6 Å². The van der Waals surface area contributed by atoms with Gasteiger partial charge in [0.25, 0.3) is 0 Å². The van der Waals surface area contributed by atoms with Crippen LogP contribution in [0.5, 0.6) is 11.5 Å². The molecule has 2 saturated carbocycles. The minimum Gasteiger partial charge on any atom is -0.505 e. The molecule has 1 aromatic carbocycles. The maximum absolute atomic E-state index is 13.3. The van der Waals surface area contributed by atoms with Crippen molar-refractivity contribution in [3.63, 3.8) is 0 Å². The number of aromatic hydroxyl groups is 1. The molecule has 3 heterocycles. The summed E-state index contributed by atoms with van der Waals surface area (Å²) in [6, 6.07) is 2.15. The third kappa shape index (κ3) is 4.56. The second-order valence-corrected chi connectivity index (χ2v) is 13.1. The van der Waals surface area contributed by atoms with Gasteiger partial charge < -0.3 is 50.2 Å². The molecule has 4 bridgehead atoms. The summed E-state index contributed by atoms with van der Waals surface area (Å²) in [7, 11) is 0. The van der Waals surface area contributed by atoms with Crippen LogP contribution in [0.1, 0.15) is 56.3 Å². The van der Waals surface area contributed by atoms with E-state index in [1.165, 1.54) is 0 Å². The van der Waals surface area contributed by atoms with Gasteiger partial charge in [0.2, 0.25) is 12.2 Å². The molecule has 5 fully saturated rings. The van der Waals surface area contributed by atoms with Crippen LogP contribution in [-0.2, 0) is 19.1 Å². The predicted octanol–water partition coefficient (Wildman–Crippen LogP) is 0.707. The number of hydrogen-bond acceptors (Lipinski definition) is 11. The number of aliphatic hydroxyl groups excluding tert-OH is 4. The number of carboxylic acids is 1. The topological polar surface area (TPSA) is 212 Å². The number of anilines is 1. The number of hydrogen-bond donors (Lipinski definition) is 7. The second kappa shape index (κ2) is 10.2. The lowest BCUT2D eigenvalue weighted by molar-refractivity contribution is -0.277. The van der Waals surface area contributed by atoms with Crippen molar-refractivity contribution < 1.29 is 59.2 Å². The number of ketones is 1. The summed E-state index contributed by atoms with van der Waals surface area (Å²) in [5.41, 5.74) is -2.21. The Kier molecular flexibility index (Phi) is 7.14. The molecule has 7 N–H and O–H groups in total. The first kappa shape index (κ1) is 30.0. The van der Waals surface area contributed by atoms with Crippen molar-refractivity contribution in [1.29, 1.82) is 0 Å². The highest BCUT2D eigenvalue weighted by Crippen LogP contribution is 2.71. The lowest BCUT2D eigenvalue weighted by atomic mass is 9.51. The number of ether oxygens (including phenoxy) is 3. The standard InChI is InChI=1S/C30H37NO12/c1-28(18(33)5-8-30-10-13-9-16(25(28)30)43-29(13,2)12-30)7-6-19(34)31-20-15(4-3-14(21(20)35)26(39)40)41-27-24(38)23(37)22(36)17(11-32)42-27/h3-5,8,13,16-17,22-25,27,32,35-38H,6-7,9-12H2,1-2H3,(H,31,34)(H,39,40). The molecule has 0 aromatic heterocycles. The Hall–Kier alpha value is -3.07. The molecule has 7 rings (SSSR count). The number of rotatable bonds is 8. The van der Waals surface area contributed by atoms with Crippen LogP contribution < -0.4 is 10.1 Å². The minimum atomic E-state index is -1.79. The van der Waals surface area contributed by atoms with Crippen molar-refractivity contribution in [3.8, 4) is 11.5 Å². The highest BCUT2D eigenvalue weighted by Gasteiger charge is 2.71. The van der Waals surface area contributed by atoms with Crippen LogP contribution >= 0.6 is 0 Å². The molecule has 0 radical (unpaired) electrons. The molecule has 11 unspecified atom stereocenters. The van der Waals surface area contributed by atoms with E-state index >= 15 is 0 Å². The largest absolute Gasteiger partial charge is 0.505 e. The number of nitrogens with one attached hydrogen (secondary N) is 1. The van der Waals surface area contributed by atoms with Crippen molar-refractivity contribution in [3.05, 3.63) is 29.8 Å². The predicted molar refractivity (Wildman–Crippen MR) is 146 cm³/mol. The number of aromatic carboxylic acids is 1. The zero-order valence-corrected chi connectivity index (χ0v) is 23.8. The molecular weight excluding hydrogens is 566 g/mol. The van der Waals surface area contributed by atoms with Gasteiger partial charge in [-0.05, 0) is 62.1 Å². The summed E-state index contributed by atoms with van der Waals surface area (Å²) in [4.78, 5) is 38.4. The molecule has 1 aromatic rings. The lowest BCUT2D eigenvalue weighted by Crippen LogP contribution is -2.60. The van der Waals surface area contributed by atoms with Crippen LogP contribution in [0.15, 0.2) is 24.3 Å². The molecule has 3 aliphatic heterocycles. The van der Waals surface area contributed by atoms with Crippen LogP contribution in [0.2, 0.25) is 0 Å². The zero-order chi connectivity index (χ0) is 31.1.